The number of hydrogen-bond donors (Lipinski definition) is 1. The largest absolute Gasteiger partial charge is 0.369 e. The van der Waals surface area contributed by atoms with Crippen LogP contribution in [0.4, 0.5) is 5.82 Å². The number of nitrogens with one attached hydrogen (secondary N) is 1. The van der Waals surface area contributed by atoms with Crippen molar-refractivity contribution in [2.75, 3.05) is 11.9 Å². The third kappa shape index (κ3) is 3.49. The van der Waals surface area contributed by atoms with Crippen LogP contribution >= 0.6 is 33.9 Å². The summed E-state index contributed by atoms with van der Waals surface area (Å²) >= 11 is 4.07. The quantitative estimate of drug-likeness (QED) is 0.701. The van der Waals surface area contributed by atoms with Crippen molar-refractivity contribution < 1.29 is 0 Å². The second-order valence-electron chi connectivity index (χ2n) is 4.80. The Morgan fingerprint density at radius 2 is 2.00 bits per heavy atom. The summed E-state index contributed by atoms with van der Waals surface area (Å²) in [6, 6.07) is 0. The number of aromatic nitrogens is 2. The Labute approximate surface area is 138 Å². The summed E-state index contributed by atoms with van der Waals surface area (Å²) in [6.07, 6.45) is 3.19. The first-order valence-corrected chi connectivity index (χ1v) is 9.03. The van der Waals surface area contributed by atoms with E-state index in [4.69, 9.17) is 9.97 Å². The fourth-order valence-corrected chi connectivity index (χ4v) is 3.49. The van der Waals surface area contributed by atoms with Gasteiger partial charge in [-0.3, -0.25) is 0 Å². The van der Waals surface area contributed by atoms with Crippen LogP contribution in [0.1, 0.15) is 37.9 Å². The lowest BCUT2D eigenvalue weighted by Gasteiger charge is -2.12. The molecule has 0 fully saturated rings. The summed E-state index contributed by atoms with van der Waals surface area (Å²) < 4.78 is 1.16. The Bertz CT molecular complexity index is 580. The Hall–Kier alpha value is -0.690. The van der Waals surface area contributed by atoms with E-state index < -0.39 is 0 Å². The van der Waals surface area contributed by atoms with Gasteiger partial charge in [0.1, 0.15) is 5.82 Å². The monoisotopic (exact) mass is 401 g/mol. The fourth-order valence-electron chi connectivity index (χ4n) is 1.97. The molecule has 2 heterocycles. The molecular weight excluding hydrogens is 381 g/mol. The molecule has 0 aliphatic rings. The van der Waals surface area contributed by atoms with Crippen molar-refractivity contribution in [1.29, 1.82) is 0 Å². The zero-order valence-electron chi connectivity index (χ0n) is 12.2. The standard InChI is InChI=1S/C15H20IN3S/c1-4-6-12-13(16)15(17-7-5-2)19-14(18-12)11-9-20-8-10(11)3/h8-9H,4-7H2,1-3H3,(H,17,18,19). The number of thiophene rings is 1. The maximum atomic E-state index is 4.78. The first kappa shape index (κ1) is 15.7. The van der Waals surface area contributed by atoms with Crippen molar-refractivity contribution >= 4 is 39.7 Å². The molecule has 20 heavy (non-hydrogen) atoms. The van der Waals surface area contributed by atoms with Gasteiger partial charge in [-0.2, -0.15) is 11.3 Å². The Morgan fingerprint density at radius 1 is 1.20 bits per heavy atom. The van der Waals surface area contributed by atoms with Gasteiger partial charge in [0.05, 0.1) is 9.26 Å². The van der Waals surface area contributed by atoms with E-state index in [0.717, 1.165) is 52.3 Å². The van der Waals surface area contributed by atoms with Crippen molar-refractivity contribution in [2.45, 2.75) is 40.0 Å². The molecule has 0 aromatic carbocycles. The molecule has 5 heteroatoms. The van der Waals surface area contributed by atoms with Crippen LogP contribution in [0.2, 0.25) is 0 Å². The average Bonchev–Trinajstić information content (AvgIpc) is 2.86. The predicted molar refractivity (Wildman–Crippen MR) is 95.6 cm³/mol. The predicted octanol–water partition coefficient (Wildman–Crippen LogP) is 4.89. The van der Waals surface area contributed by atoms with Gasteiger partial charge >= 0.3 is 0 Å². The Balaban J connectivity index is 2.46. The molecule has 0 aliphatic heterocycles. The molecule has 0 unspecified atom stereocenters. The van der Waals surface area contributed by atoms with Gasteiger partial charge in [0.2, 0.25) is 0 Å². The lowest BCUT2D eigenvalue weighted by atomic mass is 10.2. The van der Waals surface area contributed by atoms with Gasteiger partial charge in [0, 0.05) is 17.5 Å². The highest BCUT2D eigenvalue weighted by Gasteiger charge is 2.14. The van der Waals surface area contributed by atoms with Gasteiger partial charge in [-0.25, -0.2) is 9.97 Å². The van der Waals surface area contributed by atoms with E-state index in [1.54, 1.807) is 11.3 Å². The van der Waals surface area contributed by atoms with Gasteiger partial charge < -0.3 is 5.32 Å². The first-order chi connectivity index (χ1) is 9.67. The summed E-state index contributed by atoms with van der Waals surface area (Å²) in [6.45, 7) is 7.41. The van der Waals surface area contributed by atoms with Gasteiger partial charge in [0.25, 0.3) is 0 Å². The van der Waals surface area contributed by atoms with E-state index in [-0.39, 0.29) is 0 Å². The smallest absolute Gasteiger partial charge is 0.162 e. The minimum atomic E-state index is 0.853. The van der Waals surface area contributed by atoms with E-state index in [0.29, 0.717) is 0 Å². The molecule has 0 amide bonds. The molecule has 0 spiro atoms. The van der Waals surface area contributed by atoms with E-state index in [1.165, 1.54) is 5.56 Å². The van der Waals surface area contributed by atoms with Crippen LogP contribution in [0.25, 0.3) is 11.4 Å². The SMILES string of the molecule is CCCNc1nc(-c2cscc2C)nc(CCC)c1I. The van der Waals surface area contributed by atoms with E-state index in [9.17, 15) is 0 Å². The van der Waals surface area contributed by atoms with Crippen LogP contribution in [0, 0.1) is 10.5 Å². The highest BCUT2D eigenvalue weighted by molar-refractivity contribution is 14.1. The number of hydrogen-bond acceptors (Lipinski definition) is 4. The summed E-state index contributed by atoms with van der Waals surface area (Å²) in [5.41, 5.74) is 3.56. The number of rotatable bonds is 6. The summed E-state index contributed by atoms with van der Waals surface area (Å²) in [5, 5.41) is 7.71. The van der Waals surface area contributed by atoms with E-state index in [2.05, 4.69) is 59.4 Å². The fraction of sp³-hybridized carbons (Fsp3) is 0.467. The summed E-state index contributed by atoms with van der Waals surface area (Å²) in [5.74, 6) is 1.83. The number of aryl methyl sites for hydroxylation is 2. The molecule has 0 saturated heterocycles. The van der Waals surface area contributed by atoms with Crippen LogP contribution in [-0.2, 0) is 6.42 Å². The molecule has 2 aromatic heterocycles. The zero-order chi connectivity index (χ0) is 14.5. The van der Waals surface area contributed by atoms with Gasteiger partial charge in [-0.05, 0) is 53.3 Å². The minimum Gasteiger partial charge on any atom is -0.369 e. The molecule has 2 aromatic rings. The van der Waals surface area contributed by atoms with Gasteiger partial charge in [-0.15, -0.1) is 0 Å². The second kappa shape index (κ2) is 7.36. The normalized spacial score (nSPS) is 10.8. The van der Waals surface area contributed by atoms with Crippen molar-refractivity contribution in [2.24, 2.45) is 0 Å². The Kier molecular flexibility index (Phi) is 5.77. The topological polar surface area (TPSA) is 37.8 Å². The third-order valence-electron chi connectivity index (χ3n) is 3.05. The number of anilines is 1. The number of halogens is 1. The molecule has 2 rings (SSSR count). The molecule has 108 valence electrons. The second-order valence-corrected chi connectivity index (χ2v) is 6.62. The lowest BCUT2D eigenvalue weighted by Crippen LogP contribution is -2.09. The third-order valence-corrected chi connectivity index (χ3v) is 5.04. The van der Waals surface area contributed by atoms with Crippen LogP contribution in [-0.4, -0.2) is 16.5 Å². The molecule has 0 bridgehead atoms. The van der Waals surface area contributed by atoms with E-state index >= 15 is 0 Å². The van der Waals surface area contributed by atoms with E-state index in [1.807, 2.05) is 0 Å². The Morgan fingerprint density at radius 3 is 2.60 bits per heavy atom. The van der Waals surface area contributed by atoms with Crippen LogP contribution < -0.4 is 5.32 Å². The molecule has 1 N–H and O–H groups in total. The highest BCUT2D eigenvalue weighted by Crippen LogP contribution is 2.28. The summed E-state index contributed by atoms with van der Waals surface area (Å²) in [4.78, 5) is 9.52. The lowest BCUT2D eigenvalue weighted by molar-refractivity contribution is 0.864. The molecule has 0 saturated carbocycles. The summed E-state index contributed by atoms with van der Waals surface area (Å²) in [7, 11) is 0. The molecule has 3 nitrogen and oxygen atoms in total. The van der Waals surface area contributed by atoms with Crippen LogP contribution in [0.3, 0.4) is 0 Å². The van der Waals surface area contributed by atoms with Crippen molar-refractivity contribution in [3.8, 4) is 11.4 Å². The molecule has 0 radical (unpaired) electrons. The average molecular weight is 401 g/mol. The van der Waals surface area contributed by atoms with Gasteiger partial charge in [-0.1, -0.05) is 20.3 Å². The van der Waals surface area contributed by atoms with Crippen molar-refractivity contribution in [1.82, 2.24) is 9.97 Å². The minimum absolute atomic E-state index is 0.853. The van der Waals surface area contributed by atoms with Crippen molar-refractivity contribution in [3.05, 3.63) is 25.6 Å². The highest BCUT2D eigenvalue weighted by atomic mass is 127. The van der Waals surface area contributed by atoms with Crippen LogP contribution in [0.15, 0.2) is 10.8 Å². The maximum Gasteiger partial charge on any atom is 0.162 e. The molecular formula is C15H20IN3S. The molecule has 0 atom stereocenters. The maximum absolute atomic E-state index is 4.78. The first-order valence-electron chi connectivity index (χ1n) is 7.00. The van der Waals surface area contributed by atoms with Gasteiger partial charge in [0.15, 0.2) is 5.82 Å². The number of nitrogens with zero attached hydrogens (tertiary/aromatic N) is 2. The zero-order valence-corrected chi connectivity index (χ0v) is 15.1. The molecule has 0 aliphatic carbocycles. The van der Waals surface area contributed by atoms with Crippen molar-refractivity contribution in [3.63, 3.8) is 0 Å². The van der Waals surface area contributed by atoms with Crippen LogP contribution in [0.5, 0.6) is 0 Å².